The van der Waals surface area contributed by atoms with Crippen LogP contribution in [-0.2, 0) is 14.3 Å². The highest BCUT2D eigenvalue weighted by molar-refractivity contribution is 5.99. The summed E-state index contributed by atoms with van der Waals surface area (Å²) >= 11 is 0. The number of nitrogens with zero attached hydrogens (tertiary/aromatic N) is 1. The molecule has 0 saturated carbocycles. The Morgan fingerprint density at radius 3 is 2.69 bits per heavy atom. The smallest absolute Gasteiger partial charge is 0.323 e. The second-order valence-corrected chi connectivity index (χ2v) is 8.91. The highest BCUT2D eigenvalue weighted by Crippen LogP contribution is 2.47. The summed E-state index contributed by atoms with van der Waals surface area (Å²) in [7, 11) is 0. The highest BCUT2D eigenvalue weighted by Gasteiger charge is 2.46. The summed E-state index contributed by atoms with van der Waals surface area (Å²) in [5, 5.41) is 15.2. The van der Waals surface area contributed by atoms with Crippen molar-refractivity contribution in [2.75, 3.05) is 43.5 Å². The van der Waals surface area contributed by atoms with E-state index in [1.54, 1.807) is 29.2 Å². The Morgan fingerprint density at radius 1 is 1.11 bits per heavy atom. The minimum atomic E-state index is -0.570. The lowest BCUT2D eigenvalue weighted by Crippen LogP contribution is -2.48. The first-order chi connectivity index (χ1) is 17.0. The largest absolute Gasteiger partial charge is 0.487 e. The first kappa shape index (κ1) is 23.5. The maximum atomic E-state index is 13.8. The molecule has 0 unspecified atom stereocenters. The van der Waals surface area contributed by atoms with Gasteiger partial charge in [0.2, 0.25) is 5.91 Å². The van der Waals surface area contributed by atoms with Crippen molar-refractivity contribution in [3.63, 3.8) is 0 Å². The molecule has 35 heavy (non-hydrogen) atoms. The molecule has 10 heteroatoms. The molecule has 3 N–H and O–H groups in total. The number of fused-ring (bicyclic) bond motifs is 3. The number of para-hydroxylation sites is 1. The second-order valence-electron chi connectivity index (χ2n) is 8.91. The first-order valence-electron chi connectivity index (χ1n) is 11.8. The van der Waals surface area contributed by atoms with Gasteiger partial charge in [0.15, 0.2) is 0 Å². The first-order valence-corrected chi connectivity index (χ1v) is 11.8. The molecule has 0 bridgehead atoms. The molecule has 3 aliphatic heterocycles. The van der Waals surface area contributed by atoms with Gasteiger partial charge in [-0.05, 0) is 36.8 Å². The summed E-state index contributed by atoms with van der Waals surface area (Å²) in [5.74, 6) is 0.0348. The van der Waals surface area contributed by atoms with Crippen molar-refractivity contribution in [1.82, 2.24) is 4.90 Å². The normalized spacial score (nSPS) is 25.3. The fourth-order valence-corrected chi connectivity index (χ4v) is 4.95. The van der Waals surface area contributed by atoms with E-state index in [0.29, 0.717) is 44.2 Å². The quantitative estimate of drug-likeness (QED) is 0.601. The van der Waals surface area contributed by atoms with Crippen molar-refractivity contribution in [2.45, 2.75) is 37.1 Å². The summed E-state index contributed by atoms with van der Waals surface area (Å²) < 4.78 is 31.3. The molecule has 2 aromatic rings. The Labute approximate surface area is 202 Å². The van der Waals surface area contributed by atoms with Crippen molar-refractivity contribution >= 4 is 23.3 Å². The van der Waals surface area contributed by atoms with Crippen molar-refractivity contribution in [2.24, 2.45) is 0 Å². The molecule has 186 valence electrons. The maximum Gasteiger partial charge on any atom is 0.323 e. The standard InChI is InChI=1S/C25H28FN3O6/c26-19-3-1-2-4-20(19)28-25(32)27-15-5-6-21-17(11-15)18-12-16(34-22(14-30)24(18)35-21)13-23(31)29-7-9-33-10-8-29/h1-6,11,16,18,22,24,30H,7-10,12-14H2,(H2,27,28,32)/t16-,18+,22+,24-/m1/s1. The highest BCUT2D eigenvalue weighted by atomic mass is 19.1. The van der Waals surface area contributed by atoms with Crippen molar-refractivity contribution < 1.29 is 33.3 Å². The lowest BCUT2D eigenvalue weighted by Gasteiger charge is -2.38. The third-order valence-electron chi connectivity index (χ3n) is 6.65. The van der Waals surface area contributed by atoms with E-state index < -0.39 is 18.0 Å². The number of anilines is 2. The van der Waals surface area contributed by atoms with Crippen LogP contribution in [0.3, 0.4) is 0 Å². The maximum absolute atomic E-state index is 13.8. The molecular formula is C25H28FN3O6. The SMILES string of the molecule is O=C(Nc1ccc2c(c1)[C@@H]1C[C@H](CC(=O)N3CCOCC3)O[C@@H](CO)[C@@H]1O2)Nc1ccccc1F. The van der Waals surface area contributed by atoms with E-state index in [1.165, 1.54) is 12.1 Å². The number of halogens is 1. The number of benzene rings is 2. The van der Waals surface area contributed by atoms with Crippen LogP contribution in [0.25, 0.3) is 0 Å². The van der Waals surface area contributed by atoms with Gasteiger partial charge in [-0.1, -0.05) is 12.1 Å². The summed E-state index contributed by atoms with van der Waals surface area (Å²) in [6.45, 7) is 1.97. The molecular weight excluding hydrogens is 457 g/mol. The number of aliphatic hydroxyl groups excluding tert-OH is 1. The summed E-state index contributed by atoms with van der Waals surface area (Å²) in [4.78, 5) is 27.0. The molecule has 3 aliphatic rings. The van der Waals surface area contributed by atoms with Gasteiger partial charge in [0.05, 0.1) is 38.0 Å². The van der Waals surface area contributed by atoms with Gasteiger partial charge in [0.1, 0.15) is 23.8 Å². The average Bonchev–Trinajstić information content (AvgIpc) is 3.23. The number of hydrogen-bond acceptors (Lipinski definition) is 6. The molecule has 9 nitrogen and oxygen atoms in total. The Hall–Kier alpha value is -3.21. The Kier molecular flexibility index (Phi) is 6.85. The van der Waals surface area contributed by atoms with Crippen LogP contribution >= 0.6 is 0 Å². The fourth-order valence-electron chi connectivity index (χ4n) is 4.95. The van der Waals surface area contributed by atoms with Crippen LogP contribution in [0.2, 0.25) is 0 Å². The van der Waals surface area contributed by atoms with Crippen LogP contribution in [0.4, 0.5) is 20.6 Å². The summed E-state index contributed by atoms with van der Waals surface area (Å²) in [5.41, 5.74) is 1.48. The third kappa shape index (κ3) is 5.09. The van der Waals surface area contributed by atoms with Gasteiger partial charge in [-0.15, -0.1) is 0 Å². The zero-order valence-corrected chi connectivity index (χ0v) is 19.1. The second kappa shape index (κ2) is 10.2. The minimum absolute atomic E-state index is 0.00723. The molecule has 2 aromatic carbocycles. The molecule has 0 radical (unpaired) electrons. The van der Waals surface area contributed by atoms with Gasteiger partial charge in [-0.25, -0.2) is 9.18 Å². The molecule has 0 spiro atoms. The lowest BCUT2D eigenvalue weighted by atomic mass is 9.84. The molecule has 0 aromatic heterocycles. The predicted octanol–water partition coefficient (Wildman–Crippen LogP) is 2.71. The minimum Gasteiger partial charge on any atom is -0.487 e. The van der Waals surface area contributed by atoms with Gasteiger partial charge in [0, 0.05) is 30.3 Å². The molecule has 4 atom stereocenters. The molecule has 2 saturated heterocycles. The van der Waals surface area contributed by atoms with Gasteiger partial charge in [-0.3, -0.25) is 4.79 Å². The lowest BCUT2D eigenvalue weighted by molar-refractivity contribution is -0.151. The van der Waals surface area contributed by atoms with E-state index in [-0.39, 0.29) is 42.7 Å². The number of rotatable bonds is 5. The zero-order valence-electron chi connectivity index (χ0n) is 19.1. The van der Waals surface area contributed by atoms with Gasteiger partial charge >= 0.3 is 6.03 Å². The Bertz CT molecular complexity index is 1090. The van der Waals surface area contributed by atoms with E-state index in [9.17, 15) is 19.1 Å². The van der Waals surface area contributed by atoms with Gasteiger partial charge < -0.3 is 34.9 Å². The van der Waals surface area contributed by atoms with Gasteiger partial charge in [0.25, 0.3) is 0 Å². The van der Waals surface area contributed by atoms with Gasteiger partial charge in [-0.2, -0.15) is 0 Å². The number of aliphatic hydroxyl groups is 1. The molecule has 0 aliphatic carbocycles. The number of nitrogens with one attached hydrogen (secondary N) is 2. The van der Waals surface area contributed by atoms with Crippen LogP contribution < -0.4 is 15.4 Å². The van der Waals surface area contributed by atoms with Crippen LogP contribution in [0.15, 0.2) is 42.5 Å². The summed E-state index contributed by atoms with van der Waals surface area (Å²) in [6.07, 6.45) is -0.538. The zero-order chi connectivity index (χ0) is 24.4. The number of amides is 3. The fraction of sp³-hybridized carbons (Fsp3) is 0.440. The monoisotopic (exact) mass is 485 g/mol. The number of hydrogen-bond donors (Lipinski definition) is 3. The van der Waals surface area contributed by atoms with Crippen LogP contribution in [0.5, 0.6) is 5.75 Å². The number of urea groups is 1. The number of carbonyl (C=O) groups is 2. The van der Waals surface area contributed by atoms with Crippen LogP contribution in [-0.4, -0.2) is 73.2 Å². The molecule has 3 amide bonds. The predicted molar refractivity (Wildman–Crippen MR) is 125 cm³/mol. The van der Waals surface area contributed by atoms with Crippen LogP contribution in [0, 0.1) is 5.82 Å². The number of carbonyl (C=O) groups excluding carboxylic acids is 2. The van der Waals surface area contributed by atoms with E-state index in [2.05, 4.69) is 10.6 Å². The van der Waals surface area contributed by atoms with Crippen molar-refractivity contribution in [3.05, 3.63) is 53.8 Å². The number of ether oxygens (including phenoxy) is 3. The van der Waals surface area contributed by atoms with Crippen molar-refractivity contribution in [3.8, 4) is 5.75 Å². The average molecular weight is 486 g/mol. The van der Waals surface area contributed by atoms with E-state index in [0.717, 1.165) is 5.56 Å². The Morgan fingerprint density at radius 2 is 1.91 bits per heavy atom. The third-order valence-corrected chi connectivity index (χ3v) is 6.65. The van der Waals surface area contributed by atoms with Crippen molar-refractivity contribution in [1.29, 1.82) is 0 Å². The summed E-state index contributed by atoms with van der Waals surface area (Å²) in [6, 6.07) is 10.6. The van der Waals surface area contributed by atoms with E-state index in [1.807, 2.05) is 6.07 Å². The molecule has 3 heterocycles. The topological polar surface area (TPSA) is 109 Å². The molecule has 2 fully saturated rings. The Balaban J connectivity index is 1.28. The number of morpholine rings is 1. The van der Waals surface area contributed by atoms with E-state index in [4.69, 9.17) is 14.2 Å². The molecule has 5 rings (SSSR count). The van der Waals surface area contributed by atoms with E-state index >= 15 is 0 Å². The van der Waals surface area contributed by atoms with Crippen LogP contribution in [0.1, 0.15) is 24.3 Å².